The summed E-state index contributed by atoms with van der Waals surface area (Å²) >= 11 is 0. The second-order valence-corrected chi connectivity index (χ2v) is 7.72. The summed E-state index contributed by atoms with van der Waals surface area (Å²) in [5.41, 5.74) is 0.810. The quantitative estimate of drug-likeness (QED) is 0.849. The molecule has 1 aromatic carbocycles. The second kappa shape index (κ2) is 6.85. The predicted molar refractivity (Wildman–Crippen MR) is 85.9 cm³/mol. The van der Waals surface area contributed by atoms with Crippen LogP contribution in [0.25, 0.3) is 0 Å². The zero-order valence-electron chi connectivity index (χ0n) is 13.2. The van der Waals surface area contributed by atoms with Gasteiger partial charge in [-0.1, -0.05) is 13.8 Å². The fraction of sp³-hybridized carbons (Fsp3) is 0.600. The molecule has 0 bridgehead atoms. The number of benzene rings is 1. The number of sulfonamides is 1. The lowest BCUT2D eigenvalue weighted by molar-refractivity contribution is 0.262. The Labute approximate surface area is 132 Å². The van der Waals surface area contributed by atoms with E-state index in [1.54, 1.807) is 18.2 Å². The van der Waals surface area contributed by atoms with Crippen molar-refractivity contribution in [1.29, 1.82) is 0 Å². The molecule has 6 nitrogen and oxygen atoms in total. The highest BCUT2D eigenvalue weighted by atomic mass is 32.2. The minimum atomic E-state index is -3.57. The first-order valence-corrected chi connectivity index (χ1v) is 8.93. The highest BCUT2D eigenvalue weighted by Crippen LogP contribution is 2.31. The van der Waals surface area contributed by atoms with Gasteiger partial charge in [-0.05, 0) is 24.5 Å². The number of likely N-dealkylation sites (N-methyl/N-ethyl adjacent to an activating group) is 1. The minimum absolute atomic E-state index is 0.0325. The smallest absolute Gasteiger partial charge is 0.244 e. The van der Waals surface area contributed by atoms with Crippen molar-refractivity contribution < 1.29 is 18.3 Å². The van der Waals surface area contributed by atoms with Crippen molar-refractivity contribution in [3.63, 3.8) is 0 Å². The Morgan fingerprint density at radius 1 is 1.45 bits per heavy atom. The first kappa shape index (κ1) is 17.1. The molecule has 0 radical (unpaired) electrons. The van der Waals surface area contributed by atoms with Crippen molar-refractivity contribution in [3.8, 4) is 5.75 Å². The van der Waals surface area contributed by atoms with Crippen LogP contribution in [0.5, 0.6) is 5.75 Å². The highest BCUT2D eigenvalue weighted by Gasteiger charge is 2.29. The average Bonchev–Trinajstić information content (AvgIpc) is 2.55. The topological polar surface area (TPSA) is 78.9 Å². The van der Waals surface area contributed by atoms with Crippen molar-refractivity contribution >= 4 is 15.7 Å². The van der Waals surface area contributed by atoms with Gasteiger partial charge in [-0.25, -0.2) is 13.1 Å². The summed E-state index contributed by atoms with van der Waals surface area (Å²) in [5, 5.41) is 9.00. The third-order valence-corrected chi connectivity index (χ3v) is 5.17. The van der Waals surface area contributed by atoms with Gasteiger partial charge in [0.1, 0.15) is 17.3 Å². The summed E-state index contributed by atoms with van der Waals surface area (Å²) in [4.78, 5) is 2.01. The number of nitrogens with one attached hydrogen (secondary N) is 1. The van der Waals surface area contributed by atoms with Gasteiger partial charge in [0.2, 0.25) is 10.0 Å². The molecule has 0 fully saturated rings. The summed E-state index contributed by atoms with van der Waals surface area (Å²) in [5.74, 6) is 0.741. The summed E-state index contributed by atoms with van der Waals surface area (Å²) in [6.45, 7) is 4.92. The molecule has 22 heavy (non-hydrogen) atoms. The van der Waals surface area contributed by atoms with E-state index in [-0.39, 0.29) is 17.5 Å². The summed E-state index contributed by atoms with van der Waals surface area (Å²) in [7, 11) is -1.73. The molecule has 0 saturated carbocycles. The van der Waals surface area contributed by atoms with Crippen LogP contribution in [-0.2, 0) is 10.0 Å². The van der Waals surface area contributed by atoms with E-state index in [9.17, 15) is 8.42 Å². The monoisotopic (exact) mass is 328 g/mol. The van der Waals surface area contributed by atoms with Gasteiger partial charge in [0.05, 0.1) is 12.6 Å². The number of aliphatic hydroxyl groups is 1. The summed E-state index contributed by atoms with van der Waals surface area (Å²) in [6.07, 6.45) is 0.727. The Bertz CT molecular complexity index is 616. The Hall–Kier alpha value is -1.31. The van der Waals surface area contributed by atoms with Crippen LogP contribution in [0.2, 0.25) is 0 Å². The molecule has 0 amide bonds. The van der Waals surface area contributed by atoms with Crippen LogP contribution in [0.4, 0.5) is 5.69 Å². The maximum atomic E-state index is 12.4. The van der Waals surface area contributed by atoms with Gasteiger partial charge >= 0.3 is 0 Å². The maximum Gasteiger partial charge on any atom is 0.244 e. The van der Waals surface area contributed by atoms with Crippen LogP contribution in [0.15, 0.2) is 23.1 Å². The summed E-state index contributed by atoms with van der Waals surface area (Å²) in [6, 6.07) is 4.76. The highest BCUT2D eigenvalue weighted by molar-refractivity contribution is 7.89. The van der Waals surface area contributed by atoms with E-state index < -0.39 is 10.0 Å². The standard InChI is InChI=1S/C15H24N2O4S/c1-11(2)8-12-10-21-14-9-13(17(3)6-7-18)4-5-15(14)22(19,20)16-12/h4-5,9,11-12,16,18H,6-8,10H2,1-3H3/t12-/m0/s1. The maximum absolute atomic E-state index is 12.4. The second-order valence-electron chi connectivity index (χ2n) is 6.03. The first-order valence-electron chi connectivity index (χ1n) is 7.44. The van der Waals surface area contributed by atoms with E-state index in [2.05, 4.69) is 4.72 Å². The number of ether oxygens (including phenoxy) is 1. The fourth-order valence-corrected chi connectivity index (χ4v) is 3.90. The van der Waals surface area contributed by atoms with Gasteiger partial charge in [-0.15, -0.1) is 0 Å². The van der Waals surface area contributed by atoms with Crippen LogP contribution in [0.1, 0.15) is 20.3 Å². The third-order valence-electron chi connectivity index (χ3n) is 3.61. The summed E-state index contributed by atoms with van der Waals surface area (Å²) < 4.78 is 33.3. The van der Waals surface area contributed by atoms with Crippen molar-refractivity contribution in [3.05, 3.63) is 18.2 Å². The first-order chi connectivity index (χ1) is 10.3. The van der Waals surface area contributed by atoms with Gasteiger partial charge in [0.15, 0.2) is 0 Å². The molecular formula is C15H24N2O4S. The number of fused-ring (bicyclic) bond motifs is 1. The Kier molecular flexibility index (Phi) is 5.31. The van der Waals surface area contributed by atoms with Crippen molar-refractivity contribution in [2.45, 2.75) is 31.2 Å². The number of nitrogens with zero attached hydrogens (tertiary/aromatic N) is 1. The number of aliphatic hydroxyl groups excluding tert-OH is 1. The third kappa shape index (κ3) is 3.91. The van der Waals surface area contributed by atoms with Crippen LogP contribution in [0.3, 0.4) is 0 Å². The predicted octanol–water partition coefficient (Wildman–Crippen LogP) is 1.20. The van der Waals surface area contributed by atoms with Crippen molar-refractivity contribution in [1.82, 2.24) is 4.72 Å². The molecule has 0 aromatic heterocycles. The fourth-order valence-electron chi connectivity index (χ4n) is 2.54. The number of hydrogen-bond acceptors (Lipinski definition) is 5. The molecule has 1 aliphatic heterocycles. The number of hydrogen-bond donors (Lipinski definition) is 2. The number of anilines is 1. The van der Waals surface area contributed by atoms with Gasteiger partial charge in [-0.2, -0.15) is 0 Å². The molecule has 0 spiro atoms. The normalized spacial score (nSPS) is 20.1. The molecule has 0 unspecified atom stereocenters. The molecule has 0 aliphatic carbocycles. The molecule has 0 saturated heterocycles. The van der Waals surface area contributed by atoms with E-state index in [1.807, 2.05) is 25.8 Å². The minimum Gasteiger partial charge on any atom is -0.490 e. The van der Waals surface area contributed by atoms with Crippen molar-refractivity contribution in [2.75, 3.05) is 31.7 Å². The molecule has 7 heteroatoms. The lowest BCUT2D eigenvalue weighted by Crippen LogP contribution is -2.37. The molecular weight excluding hydrogens is 304 g/mol. The van der Waals surface area contributed by atoms with E-state index in [0.29, 0.717) is 24.8 Å². The SMILES string of the molecule is CC(C)C[C@H]1COc2cc(N(C)CCO)ccc2S(=O)(=O)N1. The van der Waals surface area contributed by atoms with Crippen LogP contribution in [-0.4, -0.2) is 46.4 Å². The van der Waals surface area contributed by atoms with Gasteiger partial charge < -0.3 is 14.7 Å². The van der Waals surface area contributed by atoms with Gasteiger partial charge in [0.25, 0.3) is 0 Å². The molecule has 1 atom stereocenters. The lowest BCUT2D eigenvalue weighted by atomic mass is 10.1. The van der Waals surface area contributed by atoms with Crippen LogP contribution in [0, 0.1) is 5.92 Å². The molecule has 1 aliphatic rings. The Morgan fingerprint density at radius 2 is 2.18 bits per heavy atom. The zero-order chi connectivity index (χ0) is 16.3. The van der Waals surface area contributed by atoms with Crippen LogP contribution < -0.4 is 14.4 Å². The molecule has 1 heterocycles. The average molecular weight is 328 g/mol. The molecule has 2 N–H and O–H groups in total. The van der Waals surface area contributed by atoms with E-state index in [4.69, 9.17) is 9.84 Å². The van der Waals surface area contributed by atoms with E-state index in [1.165, 1.54) is 0 Å². The molecule has 2 rings (SSSR count). The van der Waals surface area contributed by atoms with Gasteiger partial charge in [-0.3, -0.25) is 0 Å². The lowest BCUT2D eigenvalue weighted by Gasteiger charge is -2.19. The molecule has 1 aromatic rings. The van der Waals surface area contributed by atoms with Crippen molar-refractivity contribution in [2.24, 2.45) is 5.92 Å². The number of rotatable bonds is 5. The van der Waals surface area contributed by atoms with Gasteiger partial charge in [0, 0.05) is 25.3 Å². The Balaban J connectivity index is 2.30. The largest absolute Gasteiger partial charge is 0.490 e. The Morgan fingerprint density at radius 3 is 2.82 bits per heavy atom. The van der Waals surface area contributed by atoms with E-state index >= 15 is 0 Å². The van der Waals surface area contributed by atoms with E-state index in [0.717, 1.165) is 12.1 Å². The zero-order valence-corrected chi connectivity index (χ0v) is 14.1. The molecule has 124 valence electrons. The van der Waals surface area contributed by atoms with Crippen LogP contribution >= 0.6 is 0 Å².